The number of aromatic amines is 1. The van der Waals surface area contributed by atoms with Gasteiger partial charge < -0.3 is 15.0 Å². The van der Waals surface area contributed by atoms with Crippen molar-refractivity contribution in [3.05, 3.63) is 60.3 Å². The fourth-order valence-electron chi connectivity index (χ4n) is 2.20. The third-order valence-electron chi connectivity index (χ3n) is 3.17. The van der Waals surface area contributed by atoms with Crippen LogP contribution in [0, 0.1) is 0 Å². The first-order valence-electron chi connectivity index (χ1n) is 6.55. The van der Waals surface area contributed by atoms with Gasteiger partial charge in [-0.2, -0.15) is 8.78 Å². The monoisotopic (exact) mass is 288 g/mol. The Labute approximate surface area is 120 Å². The van der Waals surface area contributed by atoms with Gasteiger partial charge in [0, 0.05) is 30.0 Å². The van der Waals surface area contributed by atoms with Crippen LogP contribution in [-0.2, 0) is 6.54 Å². The minimum atomic E-state index is -2.81. The van der Waals surface area contributed by atoms with Crippen LogP contribution in [0.5, 0.6) is 5.75 Å². The van der Waals surface area contributed by atoms with Crippen molar-refractivity contribution in [1.82, 2.24) is 4.98 Å². The lowest BCUT2D eigenvalue weighted by atomic mass is 10.1. The maximum Gasteiger partial charge on any atom is 0.387 e. The summed E-state index contributed by atoms with van der Waals surface area (Å²) < 4.78 is 28.7. The van der Waals surface area contributed by atoms with E-state index in [9.17, 15) is 8.78 Å². The first kappa shape index (κ1) is 13.4. The number of H-pyrrole nitrogens is 1. The second kappa shape index (κ2) is 5.83. The molecule has 21 heavy (non-hydrogen) atoms. The summed E-state index contributed by atoms with van der Waals surface area (Å²) >= 11 is 0. The van der Waals surface area contributed by atoms with Gasteiger partial charge in [0.15, 0.2) is 0 Å². The largest absolute Gasteiger partial charge is 0.435 e. The number of fused-ring (bicyclic) bond motifs is 1. The molecule has 0 saturated heterocycles. The summed E-state index contributed by atoms with van der Waals surface area (Å²) in [7, 11) is 0. The van der Waals surface area contributed by atoms with E-state index in [0.717, 1.165) is 22.2 Å². The Morgan fingerprint density at radius 3 is 2.86 bits per heavy atom. The number of hydrogen-bond acceptors (Lipinski definition) is 2. The zero-order chi connectivity index (χ0) is 14.7. The lowest BCUT2D eigenvalue weighted by Gasteiger charge is -2.09. The quantitative estimate of drug-likeness (QED) is 0.731. The summed E-state index contributed by atoms with van der Waals surface area (Å²) in [6, 6.07) is 14.7. The highest BCUT2D eigenvalue weighted by atomic mass is 19.3. The van der Waals surface area contributed by atoms with Gasteiger partial charge in [0.05, 0.1) is 0 Å². The molecule has 0 radical (unpaired) electrons. The normalized spacial score (nSPS) is 11.0. The van der Waals surface area contributed by atoms with E-state index in [2.05, 4.69) is 21.1 Å². The van der Waals surface area contributed by atoms with Gasteiger partial charge in [-0.15, -0.1) is 0 Å². The van der Waals surface area contributed by atoms with Crippen molar-refractivity contribution in [2.24, 2.45) is 0 Å². The number of halogens is 2. The van der Waals surface area contributed by atoms with Crippen molar-refractivity contribution in [3.63, 3.8) is 0 Å². The molecule has 3 nitrogen and oxygen atoms in total. The predicted octanol–water partition coefficient (Wildman–Crippen LogP) is 4.38. The van der Waals surface area contributed by atoms with Crippen molar-refractivity contribution in [2.75, 3.05) is 5.32 Å². The van der Waals surface area contributed by atoms with Gasteiger partial charge in [-0.1, -0.05) is 12.1 Å². The summed E-state index contributed by atoms with van der Waals surface area (Å²) in [4.78, 5) is 3.14. The van der Waals surface area contributed by atoms with Crippen LogP contribution in [0.3, 0.4) is 0 Å². The molecule has 0 aliphatic rings. The molecule has 0 amide bonds. The lowest BCUT2D eigenvalue weighted by Crippen LogP contribution is -2.03. The molecule has 0 fully saturated rings. The average Bonchev–Trinajstić information content (AvgIpc) is 2.92. The molecule has 2 aromatic carbocycles. The molecule has 0 aliphatic heterocycles. The van der Waals surface area contributed by atoms with E-state index in [1.54, 1.807) is 12.1 Å². The van der Waals surface area contributed by atoms with Crippen LogP contribution in [0.4, 0.5) is 14.5 Å². The van der Waals surface area contributed by atoms with Crippen LogP contribution in [-0.4, -0.2) is 11.6 Å². The molecule has 3 aromatic rings. The van der Waals surface area contributed by atoms with E-state index < -0.39 is 6.61 Å². The fourth-order valence-corrected chi connectivity index (χ4v) is 2.20. The van der Waals surface area contributed by atoms with Gasteiger partial charge >= 0.3 is 6.61 Å². The maximum absolute atomic E-state index is 12.2. The molecule has 0 bridgehead atoms. The van der Waals surface area contributed by atoms with Gasteiger partial charge in [-0.25, -0.2) is 0 Å². The number of nitrogens with one attached hydrogen (secondary N) is 2. The van der Waals surface area contributed by atoms with Crippen molar-refractivity contribution >= 4 is 16.6 Å². The molecule has 1 heterocycles. The maximum atomic E-state index is 12.2. The number of rotatable bonds is 5. The Morgan fingerprint density at radius 2 is 2.00 bits per heavy atom. The lowest BCUT2D eigenvalue weighted by molar-refractivity contribution is -0.0498. The Kier molecular flexibility index (Phi) is 3.73. The Balaban J connectivity index is 1.69. The van der Waals surface area contributed by atoms with E-state index in [4.69, 9.17) is 0 Å². The summed E-state index contributed by atoms with van der Waals surface area (Å²) in [6.07, 6.45) is 1.90. The van der Waals surface area contributed by atoms with Gasteiger partial charge in [0.25, 0.3) is 0 Å². The Morgan fingerprint density at radius 1 is 1.10 bits per heavy atom. The Hall–Kier alpha value is -2.56. The highest BCUT2D eigenvalue weighted by Crippen LogP contribution is 2.20. The first-order valence-corrected chi connectivity index (χ1v) is 6.55. The molecular weight excluding hydrogens is 274 g/mol. The number of hydrogen-bond donors (Lipinski definition) is 2. The molecule has 0 aliphatic carbocycles. The zero-order valence-corrected chi connectivity index (χ0v) is 11.1. The van der Waals surface area contributed by atoms with Gasteiger partial charge in [-0.3, -0.25) is 0 Å². The smallest absolute Gasteiger partial charge is 0.387 e. The van der Waals surface area contributed by atoms with Crippen LogP contribution in [0.25, 0.3) is 10.9 Å². The molecule has 1 aromatic heterocycles. The van der Waals surface area contributed by atoms with E-state index >= 15 is 0 Å². The van der Waals surface area contributed by atoms with Crippen LogP contribution in [0.1, 0.15) is 5.56 Å². The molecule has 5 heteroatoms. The van der Waals surface area contributed by atoms with Crippen LogP contribution in [0.15, 0.2) is 54.7 Å². The summed E-state index contributed by atoms with van der Waals surface area (Å²) in [5.74, 6) is 0.149. The highest BCUT2D eigenvalue weighted by Gasteiger charge is 2.04. The topological polar surface area (TPSA) is 37.0 Å². The number of benzene rings is 2. The third-order valence-corrected chi connectivity index (χ3v) is 3.17. The number of anilines is 1. The number of alkyl halides is 2. The van der Waals surface area contributed by atoms with Gasteiger partial charge in [0.1, 0.15) is 5.75 Å². The highest BCUT2D eigenvalue weighted by molar-refractivity contribution is 5.79. The van der Waals surface area contributed by atoms with Crippen molar-refractivity contribution in [3.8, 4) is 5.75 Å². The van der Waals surface area contributed by atoms with Crippen molar-refractivity contribution in [1.29, 1.82) is 0 Å². The Bertz CT molecular complexity index is 740. The van der Waals surface area contributed by atoms with E-state index in [1.165, 1.54) is 6.07 Å². The van der Waals surface area contributed by atoms with Gasteiger partial charge in [-0.05, 0) is 41.3 Å². The molecule has 0 unspecified atom stereocenters. The number of ether oxygens (including phenoxy) is 1. The molecule has 0 atom stereocenters. The SMILES string of the molecule is FC(F)Oc1cccc(NCc2ccc3[nH]ccc3c2)c1. The van der Waals surface area contributed by atoms with E-state index in [-0.39, 0.29) is 5.75 Å². The minimum absolute atomic E-state index is 0.149. The standard InChI is InChI=1S/C16H14F2N2O/c17-16(18)21-14-3-1-2-13(9-14)20-10-11-4-5-15-12(8-11)6-7-19-15/h1-9,16,19-20H,10H2. The zero-order valence-electron chi connectivity index (χ0n) is 11.1. The molecule has 0 spiro atoms. The summed E-state index contributed by atoms with van der Waals surface area (Å²) in [5.41, 5.74) is 2.94. The first-order chi connectivity index (χ1) is 10.2. The molecular formula is C16H14F2N2O. The minimum Gasteiger partial charge on any atom is -0.435 e. The van der Waals surface area contributed by atoms with Crippen LogP contribution >= 0.6 is 0 Å². The van der Waals surface area contributed by atoms with E-state index in [0.29, 0.717) is 6.54 Å². The average molecular weight is 288 g/mol. The van der Waals surface area contributed by atoms with Crippen LogP contribution < -0.4 is 10.1 Å². The molecule has 0 saturated carbocycles. The van der Waals surface area contributed by atoms with Crippen LogP contribution in [0.2, 0.25) is 0 Å². The van der Waals surface area contributed by atoms with Crippen molar-refractivity contribution in [2.45, 2.75) is 13.2 Å². The summed E-state index contributed by atoms with van der Waals surface area (Å²) in [6.45, 7) is -2.20. The van der Waals surface area contributed by atoms with Gasteiger partial charge in [0.2, 0.25) is 0 Å². The van der Waals surface area contributed by atoms with E-state index in [1.807, 2.05) is 30.5 Å². The summed E-state index contributed by atoms with van der Waals surface area (Å²) in [5, 5.41) is 4.34. The molecule has 108 valence electrons. The second-order valence-electron chi connectivity index (χ2n) is 4.66. The fraction of sp³-hybridized carbons (Fsp3) is 0.125. The molecule has 3 rings (SSSR count). The predicted molar refractivity (Wildman–Crippen MR) is 78.7 cm³/mol. The third kappa shape index (κ3) is 3.31. The second-order valence-corrected chi connectivity index (χ2v) is 4.66. The number of aromatic nitrogens is 1. The van der Waals surface area contributed by atoms with Crippen molar-refractivity contribution < 1.29 is 13.5 Å². The molecule has 2 N–H and O–H groups in total.